The van der Waals surface area contributed by atoms with Crippen molar-refractivity contribution < 1.29 is 4.79 Å². The first-order valence-corrected chi connectivity index (χ1v) is 7.13. The minimum Gasteiger partial charge on any atom is -0.325 e. The molecule has 4 heteroatoms. The monoisotopic (exact) mass is 261 g/mol. The average molecular weight is 261 g/mol. The van der Waals surface area contributed by atoms with Gasteiger partial charge in [0.2, 0.25) is 5.91 Å². The van der Waals surface area contributed by atoms with Crippen molar-refractivity contribution in [2.75, 3.05) is 18.4 Å². The number of anilines is 1. The second-order valence-electron chi connectivity index (χ2n) is 4.97. The Morgan fingerprint density at radius 2 is 2.32 bits per heavy atom. The van der Waals surface area contributed by atoms with Gasteiger partial charge in [-0.05, 0) is 43.6 Å². The quantitative estimate of drug-likeness (QED) is 0.758. The molecule has 19 heavy (non-hydrogen) atoms. The maximum atomic E-state index is 12.1. The first-order valence-electron chi connectivity index (χ1n) is 7.13. The van der Waals surface area contributed by atoms with Crippen LogP contribution in [0.25, 0.3) is 0 Å². The molecule has 1 fully saturated rings. The third-order valence-corrected chi connectivity index (χ3v) is 3.40. The lowest BCUT2D eigenvalue weighted by atomic mass is 10.0. The third kappa shape index (κ3) is 4.33. The Bertz CT molecular complexity index is 414. The second kappa shape index (κ2) is 7.26. The number of piperidine rings is 1. The summed E-state index contributed by atoms with van der Waals surface area (Å²) in [5.41, 5.74) is 2.07. The lowest BCUT2D eigenvalue weighted by Crippen LogP contribution is -2.43. The molecule has 0 saturated carbocycles. The summed E-state index contributed by atoms with van der Waals surface area (Å²) in [7, 11) is 0. The van der Waals surface area contributed by atoms with E-state index in [2.05, 4.69) is 28.9 Å². The Kier molecular flexibility index (Phi) is 5.36. The summed E-state index contributed by atoms with van der Waals surface area (Å²) in [6.45, 7) is 4.81. The van der Waals surface area contributed by atoms with Crippen molar-refractivity contribution in [3.8, 4) is 0 Å². The minimum absolute atomic E-state index is 0.0360. The number of benzene rings is 1. The summed E-state index contributed by atoms with van der Waals surface area (Å²) in [5.74, 6) is 0.0836. The van der Waals surface area contributed by atoms with Gasteiger partial charge in [0.05, 0.1) is 6.04 Å². The fourth-order valence-corrected chi connectivity index (χ4v) is 2.33. The molecule has 1 aromatic carbocycles. The fourth-order valence-electron chi connectivity index (χ4n) is 2.33. The summed E-state index contributed by atoms with van der Waals surface area (Å²) in [6.07, 6.45) is 3.23. The lowest BCUT2D eigenvalue weighted by Gasteiger charge is -2.22. The van der Waals surface area contributed by atoms with E-state index in [0.29, 0.717) is 0 Å². The number of amides is 1. The largest absolute Gasteiger partial charge is 0.325 e. The number of nitrogens with one attached hydrogen (secondary N) is 3. The van der Waals surface area contributed by atoms with Gasteiger partial charge in [0, 0.05) is 12.2 Å². The van der Waals surface area contributed by atoms with E-state index in [9.17, 15) is 4.79 Å². The highest BCUT2D eigenvalue weighted by molar-refractivity contribution is 5.94. The van der Waals surface area contributed by atoms with Gasteiger partial charge in [0.15, 0.2) is 0 Å². The topological polar surface area (TPSA) is 53.2 Å². The van der Waals surface area contributed by atoms with E-state index in [4.69, 9.17) is 0 Å². The highest BCUT2D eigenvalue weighted by Gasteiger charge is 2.20. The molecule has 104 valence electrons. The van der Waals surface area contributed by atoms with Gasteiger partial charge in [-0.15, -0.1) is 0 Å². The zero-order chi connectivity index (χ0) is 13.5. The van der Waals surface area contributed by atoms with E-state index >= 15 is 0 Å². The lowest BCUT2D eigenvalue weighted by molar-refractivity contribution is -0.118. The molecule has 1 aliphatic rings. The normalized spacial score (nSPS) is 19.1. The first kappa shape index (κ1) is 14.0. The van der Waals surface area contributed by atoms with Gasteiger partial charge < -0.3 is 16.0 Å². The molecule has 1 saturated heterocycles. The van der Waals surface area contributed by atoms with Gasteiger partial charge in [-0.25, -0.2) is 0 Å². The molecule has 1 amide bonds. The molecule has 0 radical (unpaired) electrons. The molecule has 0 bridgehead atoms. The minimum atomic E-state index is -0.0360. The summed E-state index contributed by atoms with van der Waals surface area (Å²) in [5, 5.41) is 9.55. The molecule has 1 heterocycles. The predicted octanol–water partition coefficient (Wildman–Crippen LogP) is 1.88. The SMILES string of the molecule is CCNCc1cccc(NC(=O)C2CCCCN2)c1. The second-order valence-corrected chi connectivity index (χ2v) is 4.97. The Morgan fingerprint density at radius 1 is 1.42 bits per heavy atom. The van der Waals surface area contributed by atoms with Crippen LogP contribution in [0, 0.1) is 0 Å². The molecule has 2 rings (SSSR count). The van der Waals surface area contributed by atoms with Crippen LogP contribution in [0.3, 0.4) is 0 Å². The molecule has 0 spiro atoms. The molecule has 1 unspecified atom stereocenters. The molecule has 1 aromatic rings. The molecule has 0 aliphatic carbocycles. The molecule has 3 N–H and O–H groups in total. The molecular formula is C15H23N3O. The maximum Gasteiger partial charge on any atom is 0.241 e. The van der Waals surface area contributed by atoms with Gasteiger partial charge >= 0.3 is 0 Å². The van der Waals surface area contributed by atoms with Crippen LogP contribution in [-0.2, 0) is 11.3 Å². The fraction of sp³-hybridized carbons (Fsp3) is 0.533. The van der Waals surface area contributed by atoms with Gasteiger partial charge in [-0.2, -0.15) is 0 Å². The van der Waals surface area contributed by atoms with E-state index in [1.54, 1.807) is 0 Å². The highest BCUT2D eigenvalue weighted by atomic mass is 16.2. The Labute approximate surface area is 115 Å². The van der Waals surface area contributed by atoms with E-state index in [0.717, 1.165) is 38.2 Å². The van der Waals surface area contributed by atoms with Crippen molar-refractivity contribution in [2.45, 2.75) is 38.8 Å². The Morgan fingerprint density at radius 3 is 3.05 bits per heavy atom. The van der Waals surface area contributed by atoms with Crippen LogP contribution in [0.15, 0.2) is 24.3 Å². The third-order valence-electron chi connectivity index (χ3n) is 3.40. The van der Waals surface area contributed by atoms with Crippen molar-refractivity contribution in [3.05, 3.63) is 29.8 Å². The number of hydrogen-bond acceptors (Lipinski definition) is 3. The van der Waals surface area contributed by atoms with Crippen molar-refractivity contribution in [2.24, 2.45) is 0 Å². The van der Waals surface area contributed by atoms with Crippen molar-refractivity contribution in [1.82, 2.24) is 10.6 Å². The van der Waals surface area contributed by atoms with Gasteiger partial charge in [0.25, 0.3) is 0 Å². The first-order chi connectivity index (χ1) is 9.29. The molecule has 1 aliphatic heterocycles. The molecular weight excluding hydrogens is 238 g/mol. The van der Waals surface area contributed by atoms with Crippen LogP contribution >= 0.6 is 0 Å². The number of rotatable bonds is 5. The van der Waals surface area contributed by atoms with Gasteiger partial charge in [-0.3, -0.25) is 4.79 Å². The van der Waals surface area contributed by atoms with Crippen LogP contribution < -0.4 is 16.0 Å². The zero-order valence-corrected chi connectivity index (χ0v) is 11.5. The maximum absolute atomic E-state index is 12.1. The molecule has 1 atom stereocenters. The van der Waals surface area contributed by atoms with E-state index in [1.807, 2.05) is 18.2 Å². The molecule has 4 nitrogen and oxygen atoms in total. The van der Waals surface area contributed by atoms with E-state index in [1.165, 1.54) is 12.0 Å². The van der Waals surface area contributed by atoms with Gasteiger partial charge in [-0.1, -0.05) is 25.5 Å². The van der Waals surface area contributed by atoms with Crippen LogP contribution in [0.1, 0.15) is 31.7 Å². The smallest absolute Gasteiger partial charge is 0.241 e. The standard InChI is InChI=1S/C15H23N3O/c1-2-16-11-12-6-5-7-13(10-12)18-15(19)14-8-3-4-9-17-14/h5-7,10,14,16-17H,2-4,8-9,11H2,1H3,(H,18,19). The predicted molar refractivity (Wildman–Crippen MR) is 78.1 cm³/mol. The number of hydrogen-bond donors (Lipinski definition) is 3. The van der Waals surface area contributed by atoms with Crippen LogP contribution in [0.5, 0.6) is 0 Å². The van der Waals surface area contributed by atoms with Crippen LogP contribution in [-0.4, -0.2) is 25.0 Å². The summed E-state index contributed by atoms with van der Waals surface area (Å²) in [6, 6.07) is 7.99. The number of carbonyl (C=O) groups is 1. The van der Waals surface area contributed by atoms with Crippen molar-refractivity contribution in [3.63, 3.8) is 0 Å². The van der Waals surface area contributed by atoms with E-state index in [-0.39, 0.29) is 11.9 Å². The van der Waals surface area contributed by atoms with Gasteiger partial charge in [0.1, 0.15) is 0 Å². The highest BCUT2D eigenvalue weighted by Crippen LogP contribution is 2.13. The Balaban J connectivity index is 1.92. The zero-order valence-electron chi connectivity index (χ0n) is 11.5. The number of carbonyl (C=O) groups excluding carboxylic acids is 1. The molecule has 0 aromatic heterocycles. The van der Waals surface area contributed by atoms with E-state index < -0.39 is 0 Å². The summed E-state index contributed by atoms with van der Waals surface area (Å²) < 4.78 is 0. The van der Waals surface area contributed by atoms with Crippen LogP contribution in [0.2, 0.25) is 0 Å². The Hall–Kier alpha value is -1.39. The summed E-state index contributed by atoms with van der Waals surface area (Å²) >= 11 is 0. The average Bonchev–Trinajstić information content (AvgIpc) is 2.46. The summed E-state index contributed by atoms with van der Waals surface area (Å²) in [4.78, 5) is 12.1. The van der Waals surface area contributed by atoms with Crippen LogP contribution in [0.4, 0.5) is 5.69 Å². The van der Waals surface area contributed by atoms with Crippen molar-refractivity contribution in [1.29, 1.82) is 0 Å². The van der Waals surface area contributed by atoms with Crippen molar-refractivity contribution >= 4 is 11.6 Å².